The van der Waals surface area contributed by atoms with Crippen LogP contribution < -0.4 is 0 Å². The van der Waals surface area contributed by atoms with Crippen LogP contribution in [0.25, 0.3) is 86.5 Å². The zero-order valence-electron chi connectivity index (χ0n) is 24.4. The number of aromatic nitrogens is 1. The zero-order chi connectivity index (χ0) is 29.7. The minimum Gasteiger partial charge on any atom is -0.247 e. The highest BCUT2D eigenvalue weighted by Gasteiger charge is 2.18. The third-order valence-corrected chi connectivity index (χ3v) is 10.1. The Kier molecular flexibility index (Phi) is 6.07. The van der Waals surface area contributed by atoms with E-state index in [4.69, 9.17) is 4.98 Å². The van der Waals surface area contributed by atoms with Crippen LogP contribution in [0.15, 0.2) is 164 Å². The highest BCUT2D eigenvalue weighted by molar-refractivity contribution is 7.27. The summed E-state index contributed by atoms with van der Waals surface area (Å²) in [4.78, 5) is 5.18. The molecule has 45 heavy (non-hydrogen) atoms. The van der Waals surface area contributed by atoms with E-state index in [0.717, 1.165) is 16.8 Å². The van der Waals surface area contributed by atoms with Gasteiger partial charge in [-0.3, -0.25) is 0 Å². The van der Waals surface area contributed by atoms with Gasteiger partial charge >= 0.3 is 0 Å². The first kappa shape index (κ1) is 25.9. The van der Waals surface area contributed by atoms with E-state index in [1.807, 2.05) is 11.3 Å². The van der Waals surface area contributed by atoms with E-state index < -0.39 is 0 Å². The molecule has 0 aliphatic heterocycles. The van der Waals surface area contributed by atoms with Crippen LogP contribution in [0.5, 0.6) is 0 Å². The SMILES string of the molecule is c1ccc(-c2cc(-c3ccccc3)cc(-c3cccc4c3sc3c4ccc4c(-c5ccccc5)nc5ccccc5c43)c2)cc1. The summed E-state index contributed by atoms with van der Waals surface area (Å²) in [6, 6.07) is 58.9. The summed E-state index contributed by atoms with van der Waals surface area (Å²) >= 11 is 1.91. The van der Waals surface area contributed by atoms with E-state index in [1.54, 1.807) is 0 Å². The molecule has 0 saturated carbocycles. The number of rotatable bonds is 4. The molecule has 210 valence electrons. The van der Waals surface area contributed by atoms with E-state index in [-0.39, 0.29) is 0 Å². The predicted octanol–water partition coefficient (Wildman–Crippen LogP) is 12.4. The molecule has 7 aromatic carbocycles. The highest BCUT2D eigenvalue weighted by atomic mass is 32.1. The molecule has 0 fully saturated rings. The summed E-state index contributed by atoms with van der Waals surface area (Å²) < 4.78 is 2.62. The van der Waals surface area contributed by atoms with Gasteiger partial charge in [0.2, 0.25) is 0 Å². The van der Waals surface area contributed by atoms with Crippen molar-refractivity contribution in [3.63, 3.8) is 0 Å². The molecule has 0 aliphatic rings. The largest absolute Gasteiger partial charge is 0.247 e. The Hall–Kier alpha value is -5.57. The molecule has 9 aromatic rings. The van der Waals surface area contributed by atoms with E-state index in [1.165, 1.54) is 69.7 Å². The fourth-order valence-corrected chi connectivity index (χ4v) is 8.11. The Labute approximate surface area is 265 Å². The molecular formula is C43H27NS. The van der Waals surface area contributed by atoms with Crippen molar-refractivity contribution in [3.8, 4) is 44.6 Å². The monoisotopic (exact) mass is 589 g/mol. The Morgan fingerprint density at radius 1 is 0.356 bits per heavy atom. The molecule has 2 heterocycles. The summed E-state index contributed by atoms with van der Waals surface area (Å²) in [7, 11) is 0. The van der Waals surface area contributed by atoms with E-state index >= 15 is 0 Å². The Morgan fingerprint density at radius 3 is 1.58 bits per heavy atom. The molecule has 0 bridgehead atoms. The second-order valence-corrected chi connectivity index (χ2v) is 12.5. The fourth-order valence-electron chi connectivity index (χ4n) is 6.71. The lowest BCUT2D eigenvalue weighted by Gasteiger charge is -2.12. The molecule has 0 amide bonds. The zero-order valence-corrected chi connectivity index (χ0v) is 25.3. The first-order valence-corrected chi connectivity index (χ1v) is 16.1. The minimum atomic E-state index is 1.03. The fraction of sp³-hybridized carbons (Fsp3) is 0. The molecule has 0 saturated heterocycles. The van der Waals surface area contributed by atoms with Gasteiger partial charge in [0.1, 0.15) is 0 Å². The number of para-hydroxylation sites is 1. The second kappa shape index (κ2) is 10.6. The van der Waals surface area contributed by atoms with Crippen LogP contribution >= 0.6 is 11.3 Å². The van der Waals surface area contributed by atoms with Gasteiger partial charge in [-0.05, 0) is 57.6 Å². The van der Waals surface area contributed by atoms with E-state index in [2.05, 4.69) is 164 Å². The van der Waals surface area contributed by atoms with Gasteiger partial charge in [0.25, 0.3) is 0 Å². The van der Waals surface area contributed by atoms with Crippen LogP contribution in [-0.2, 0) is 0 Å². The molecule has 2 heteroatoms. The predicted molar refractivity (Wildman–Crippen MR) is 194 cm³/mol. The number of fused-ring (bicyclic) bond motifs is 7. The molecule has 0 aliphatic carbocycles. The smallest absolute Gasteiger partial charge is 0.0788 e. The number of nitrogens with zero attached hydrogens (tertiary/aromatic N) is 1. The van der Waals surface area contributed by atoms with E-state index in [9.17, 15) is 0 Å². The normalized spacial score (nSPS) is 11.6. The average Bonchev–Trinajstić information content (AvgIpc) is 3.51. The summed E-state index contributed by atoms with van der Waals surface area (Å²) in [5.41, 5.74) is 10.6. The van der Waals surface area contributed by atoms with E-state index in [0.29, 0.717) is 0 Å². The van der Waals surface area contributed by atoms with Gasteiger partial charge in [-0.1, -0.05) is 140 Å². The van der Waals surface area contributed by atoms with Crippen molar-refractivity contribution >= 4 is 53.2 Å². The van der Waals surface area contributed by atoms with Crippen molar-refractivity contribution in [2.75, 3.05) is 0 Å². The summed E-state index contributed by atoms with van der Waals surface area (Å²) in [5, 5.41) is 6.26. The maximum Gasteiger partial charge on any atom is 0.0788 e. The minimum absolute atomic E-state index is 1.03. The number of pyridine rings is 1. The van der Waals surface area contributed by atoms with Crippen LogP contribution in [0.4, 0.5) is 0 Å². The Morgan fingerprint density at radius 2 is 0.889 bits per heavy atom. The number of hydrogen-bond donors (Lipinski definition) is 0. The average molecular weight is 590 g/mol. The lowest BCUT2D eigenvalue weighted by molar-refractivity contribution is 1.43. The quantitative estimate of drug-likeness (QED) is 0.186. The van der Waals surface area contributed by atoms with Crippen LogP contribution in [-0.4, -0.2) is 4.98 Å². The molecule has 0 radical (unpaired) electrons. The summed E-state index contributed by atoms with van der Waals surface area (Å²) in [6.45, 7) is 0. The molecular weight excluding hydrogens is 563 g/mol. The van der Waals surface area contributed by atoms with Gasteiger partial charge in [0.15, 0.2) is 0 Å². The topological polar surface area (TPSA) is 12.9 Å². The van der Waals surface area contributed by atoms with Gasteiger partial charge in [-0.2, -0.15) is 0 Å². The summed E-state index contributed by atoms with van der Waals surface area (Å²) in [5.74, 6) is 0. The summed E-state index contributed by atoms with van der Waals surface area (Å²) in [6.07, 6.45) is 0. The Bertz CT molecular complexity index is 2460. The van der Waals surface area contributed by atoms with Gasteiger partial charge in [-0.15, -0.1) is 11.3 Å². The maximum absolute atomic E-state index is 5.18. The first-order valence-electron chi connectivity index (χ1n) is 15.3. The molecule has 0 atom stereocenters. The number of thiophene rings is 1. The highest BCUT2D eigenvalue weighted by Crippen LogP contribution is 2.46. The van der Waals surface area contributed by atoms with Gasteiger partial charge in [0, 0.05) is 41.9 Å². The van der Waals surface area contributed by atoms with Crippen molar-refractivity contribution < 1.29 is 0 Å². The molecule has 0 spiro atoms. The Balaban J connectivity index is 1.35. The first-order chi connectivity index (χ1) is 22.3. The molecule has 9 rings (SSSR count). The van der Waals surface area contributed by atoms with Crippen LogP contribution in [0.1, 0.15) is 0 Å². The lowest BCUT2D eigenvalue weighted by Crippen LogP contribution is -1.89. The molecule has 0 unspecified atom stereocenters. The molecule has 2 aromatic heterocycles. The lowest BCUT2D eigenvalue weighted by atomic mass is 9.92. The van der Waals surface area contributed by atoms with Gasteiger partial charge in [0.05, 0.1) is 11.2 Å². The van der Waals surface area contributed by atoms with Crippen LogP contribution in [0, 0.1) is 0 Å². The van der Waals surface area contributed by atoms with Crippen LogP contribution in [0.2, 0.25) is 0 Å². The van der Waals surface area contributed by atoms with Crippen molar-refractivity contribution in [2.24, 2.45) is 0 Å². The maximum atomic E-state index is 5.18. The molecule has 0 N–H and O–H groups in total. The van der Waals surface area contributed by atoms with Crippen molar-refractivity contribution in [1.82, 2.24) is 4.98 Å². The standard InChI is InChI=1S/C43H27NS/c1-4-13-28(14-5-1)31-25-32(29-15-6-2-7-16-29)27-33(26-31)34-20-12-21-35-36-23-24-38-40(43(36)45-42(34)35)37-19-10-11-22-39(37)44-41(38)30-17-8-3-9-18-30/h1-27H. The van der Waals surface area contributed by atoms with Crippen molar-refractivity contribution in [2.45, 2.75) is 0 Å². The second-order valence-electron chi connectivity index (χ2n) is 11.5. The number of benzene rings is 7. The molecule has 1 nitrogen and oxygen atoms in total. The third-order valence-electron chi connectivity index (χ3n) is 8.83. The van der Waals surface area contributed by atoms with Gasteiger partial charge in [-0.25, -0.2) is 4.98 Å². The van der Waals surface area contributed by atoms with Crippen LogP contribution in [0.3, 0.4) is 0 Å². The van der Waals surface area contributed by atoms with Crippen molar-refractivity contribution in [3.05, 3.63) is 164 Å². The third kappa shape index (κ3) is 4.34. The van der Waals surface area contributed by atoms with Gasteiger partial charge < -0.3 is 0 Å². The van der Waals surface area contributed by atoms with Crippen molar-refractivity contribution in [1.29, 1.82) is 0 Å². The number of hydrogen-bond acceptors (Lipinski definition) is 2.